The zero-order valence-corrected chi connectivity index (χ0v) is 11.7. The van der Waals surface area contributed by atoms with E-state index in [2.05, 4.69) is 56.9 Å². The summed E-state index contributed by atoms with van der Waals surface area (Å²) in [6, 6.07) is 0.637. The van der Waals surface area contributed by atoms with Gasteiger partial charge in [-0.15, -0.1) is 0 Å². The molecule has 0 spiro atoms. The highest BCUT2D eigenvalue weighted by Gasteiger charge is 2.20. The summed E-state index contributed by atoms with van der Waals surface area (Å²) in [5.74, 6) is 0. The summed E-state index contributed by atoms with van der Waals surface area (Å²) in [5, 5.41) is 0. The fourth-order valence-corrected chi connectivity index (χ4v) is 1.78. The van der Waals surface area contributed by atoms with Crippen LogP contribution >= 0.6 is 0 Å². The lowest BCUT2D eigenvalue weighted by Gasteiger charge is -2.20. The van der Waals surface area contributed by atoms with Gasteiger partial charge in [0.15, 0.2) is 0 Å². The molecule has 92 valence electrons. The van der Waals surface area contributed by atoms with E-state index in [0.717, 1.165) is 13.1 Å². The van der Waals surface area contributed by atoms with Crippen LogP contribution in [0.25, 0.3) is 0 Å². The van der Waals surface area contributed by atoms with E-state index in [4.69, 9.17) is 0 Å². The predicted octanol–water partition coefficient (Wildman–Crippen LogP) is 4.19. The zero-order valence-electron chi connectivity index (χ0n) is 11.7. The number of hydrogen-bond donors (Lipinski definition) is 0. The van der Waals surface area contributed by atoms with E-state index in [-0.39, 0.29) is 0 Å². The summed E-state index contributed by atoms with van der Waals surface area (Å²) in [5.41, 5.74) is 2.94. The van der Waals surface area contributed by atoms with Gasteiger partial charge in [0, 0.05) is 19.1 Å². The first kappa shape index (κ1) is 15.2. The average molecular weight is 221 g/mol. The summed E-state index contributed by atoms with van der Waals surface area (Å²) in [6.07, 6.45) is 8.72. The maximum absolute atomic E-state index is 2.49. The van der Waals surface area contributed by atoms with Crippen molar-refractivity contribution in [3.63, 3.8) is 0 Å². The molecular weight excluding hydrogens is 194 g/mol. The van der Waals surface area contributed by atoms with Crippen molar-refractivity contribution in [3.8, 4) is 0 Å². The third-order valence-corrected chi connectivity index (χ3v) is 2.63. The van der Waals surface area contributed by atoms with Gasteiger partial charge in [0.25, 0.3) is 0 Å². The van der Waals surface area contributed by atoms with Crippen LogP contribution in [0.1, 0.15) is 41.5 Å². The monoisotopic (exact) mass is 221 g/mol. The van der Waals surface area contributed by atoms with Gasteiger partial charge in [0.1, 0.15) is 0 Å². The summed E-state index contributed by atoms with van der Waals surface area (Å²) in [4.78, 5) is 2.49. The van der Waals surface area contributed by atoms with E-state index < -0.39 is 0 Å². The Bertz CT molecular complexity index is 245. The highest BCUT2D eigenvalue weighted by molar-refractivity contribution is 5.39. The van der Waals surface area contributed by atoms with Gasteiger partial charge >= 0.3 is 0 Å². The lowest BCUT2D eigenvalue weighted by Crippen LogP contribution is -2.28. The molecule has 0 radical (unpaired) electrons. The quantitative estimate of drug-likeness (QED) is 0.691. The number of hydrogen-bond acceptors (Lipinski definition) is 1. The first-order valence-corrected chi connectivity index (χ1v) is 6.40. The summed E-state index contributed by atoms with van der Waals surface area (Å²) < 4.78 is 0. The fraction of sp³-hybridized carbons (Fsp3) is 0.600. The van der Waals surface area contributed by atoms with E-state index in [1.165, 1.54) is 11.1 Å². The van der Waals surface area contributed by atoms with Crippen LogP contribution in [0.15, 0.2) is 35.5 Å². The molecule has 0 fully saturated rings. The minimum atomic E-state index is 0.637. The first-order valence-electron chi connectivity index (χ1n) is 6.40. The number of nitrogens with zero attached hydrogens (tertiary/aromatic N) is 1. The SMILES string of the molecule is C/C=C\C1=C(/C=C\C)CN(C(C)C)C1.CC. The highest BCUT2D eigenvalue weighted by Crippen LogP contribution is 2.21. The minimum absolute atomic E-state index is 0.637. The third-order valence-electron chi connectivity index (χ3n) is 2.63. The molecule has 0 atom stereocenters. The molecule has 0 aromatic rings. The second kappa shape index (κ2) is 8.35. The Morgan fingerprint density at radius 1 is 0.938 bits per heavy atom. The molecule has 1 heterocycles. The molecular formula is C15H27N. The third kappa shape index (κ3) is 4.36. The highest BCUT2D eigenvalue weighted by atomic mass is 15.2. The van der Waals surface area contributed by atoms with Gasteiger partial charge in [-0.05, 0) is 38.8 Å². The fourth-order valence-electron chi connectivity index (χ4n) is 1.78. The van der Waals surface area contributed by atoms with E-state index in [0.29, 0.717) is 6.04 Å². The van der Waals surface area contributed by atoms with Gasteiger partial charge in [0.2, 0.25) is 0 Å². The molecule has 0 aromatic heterocycles. The average Bonchev–Trinajstić information content (AvgIpc) is 2.66. The van der Waals surface area contributed by atoms with E-state index in [1.54, 1.807) is 0 Å². The van der Waals surface area contributed by atoms with Crippen LogP contribution < -0.4 is 0 Å². The molecule has 0 bridgehead atoms. The Kier molecular flexibility index (Phi) is 7.92. The maximum Gasteiger partial charge on any atom is 0.0243 e. The van der Waals surface area contributed by atoms with Gasteiger partial charge in [-0.1, -0.05) is 38.2 Å². The van der Waals surface area contributed by atoms with Crippen molar-refractivity contribution in [3.05, 3.63) is 35.5 Å². The normalized spacial score (nSPS) is 17.7. The Morgan fingerprint density at radius 3 is 1.56 bits per heavy atom. The molecule has 0 N–H and O–H groups in total. The molecule has 1 nitrogen and oxygen atoms in total. The predicted molar refractivity (Wildman–Crippen MR) is 74.7 cm³/mol. The molecule has 0 aliphatic carbocycles. The van der Waals surface area contributed by atoms with Crippen LogP contribution in [0, 0.1) is 0 Å². The van der Waals surface area contributed by atoms with Crippen LogP contribution in [0.4, 0.5) is 0 Å². The molecule has 0 unspecified atom stereocenters. The van der Waals surface area contributed by atoms with Crippen molar-refractivity contribution in [2.75, 3.05) is 13.1 Å². The maximum atomic E-state index is 2.49. The lowest BCUT2D eigenvalue weighted by atomic mass is 10.1. The molecule has 16 heavy (non-hydrogen) atoms. The summed E-state index contributed by atoms with van der Waals surface area (Å²) >= 11 is 0. The Hall–Kier alpha value is -0.820. The molecule has 0 saturated carbocycles. The lowest BCUT2D eigenvalue weighted by molar-refractivity contribution is 0.283. The van der Waals surface area contributed by atoms with E-state index in [1.807, 2.05) is 13.8 Å². The summed E-state index contributed by atoms with van der Waals surface area (Å²) in [7, 11) is 0. The molecule has 1 rings (SSSR count). The molecule has 0 amide bonds. The summed E-state index contributed by atoms with van der Waals surface area (Å²) in [6.45, 7) is 14.9. The molecule has 1 heteroatoms. The zero-order chi connectivity index (χ0) is 12.6. The van der Waals surface area contributed by atoms with Crippen molar-refractivity contribution < 1.29 is 0 Å². The Balaban J connectivity index is 0.00000106. The number of allylic oxidation sites excluding steroid dienone is 2. The van der Waals surface area contributed by atoms with Crippen molar-refractivity contribution in [1.82, 2.24) is 4.90 Å². The van der Waals surface area contributed by atoms with Gasteiger partial charge in [-0.3, -0.25) is 4.90 Å². The van der Waals surface area contributed by atoms with Crippen LogP contribution in [-0.4, -0.2) is 24.0 Å². The van der Waals surface area contributed by atoms with Crippen LogP contribution in [-0.2, 0) is 0 Å². The first-order chi connectivity index (χ1) is 7.69. The Labute approximate surface area is 102 Å². The van der Waals surface area contributed by atoms with Crippen molar-refractivity contribution in [2.45, 2.75) is 47.6 Å². The number of rotatable bonds is 3. The smallest absolute Gasteiger partial charge is 0.0243 e. The Morgan fingerprint density at radius 2 is 1.31 bits per heavy atom. The topological polar surface area (TPSA) is 3.24 Å². The van der Waals surface area contributed by atoms with Crippen molar-refractivity contribution in [1.29, 1.82) is 0 Å². The molecule has 0 saturated heterocycles. The van der Waals surface area contributed by atoms with Crippen LogP contribution in [0.3, 0.4) is 0 Å². The van der Waals surface area contributed by atoms with E-state index >= 15 is 0 Å². The van der Waals surface area contributed by atoms with Gasteiger partial charge in [0.05, 0.1) is 0 Å². The van der Waals surface area contributed by atoms with Gasteiger partial charge in [-0.2, -0.15) is 0 Å². The largest absolute Gasteiger partial charge is 0.292 e. The second-order valence-corrected chi connectivity index (χ2v) is 4.05. The van der Waals surface area contributed by atoms with Crippen LogP contribution in [0.2, 0.25) is 0 Å². The van der Waals surface area contributed by atoms with Crippen LogP contribution in [0.5, 0.6) is 0 Å². The van der Waals surface area contributed by atoms with E-state index in [9.17, 15) is 0 Å². The second-order valence-electron chi connectivity index (χ2n) is 4.05. The van der Waals surface area contributed by atoms with Gasteiger partial charge in [-0.25, -0.2) is 0 Å². The standard InChI is InChI=1S/C13H21N.C2H6/c1-5-7-12-9-14(11(3)4)10-13(12)8-6-2;1-2/h5-8,11H,9-10H2,1-4H3;1-2H3/b7-5-,8-6-;. The van der Waals surface area contributed by atoms with Crippen molar-refractivity contribution >= 4 is 0 Å². The molecule has 1 aliphatic heterocycles. The molecule has 0 aromatic carbocycles. The van der Waals surface area contributed by atoms with Gasteiger partial charge < -0.3 is 0 Å². The molecule has 1 aliphatic rings. The minimum Gasteiger partial charge on any atom is -0.292 e. The van der Waals surface area contributed by atoms with Crippen molar-refractivity contribution in [2.24, 2.45) is 0 Å².